The minimum absolute atomic E-state index is 0.00244. The Hall–Kier alpha value is -2.67. The third-order valence-corrected chi connectivity index (χ3v) is 7.15. The van der Waals surface area contributed by atoms with E-state index in [1.54, 1.807) is 6.07 Å². The van der Waals surface area contributed by atoms with Crippen LogP contribution < -0.4 is 14.8 Å². The number of halogens is 2. The molecule has 1 saturated heterocycles. The Morgan fingerprint density at radius 1 is 0.969 bits per heavy atom. The van der Waals surface area contributed by atoms with Crippen molar-refractivity contribution in [2.45, 2.75) is 68.5 Å². The molecular formula is C25H25F2NO4. The Labute approximate surface area is 185 Å². The average Bonchev–Trinajstić information content (AvgIpc) is 3.69. The minimum atomic E-state index is -3.66. The van der Waals surface area contributed by atoms with Gasteiger partial charge in [0.25, 0.3) is 0 Å². The first kappa shape index (κ1) is 20.0. The van der Waals surface area contributed by atoms with Crippen LogP contribution in [-0.2, 0) is 14.9 Å². The number of nitrogens with one attached hydrogen (secondary N) is 1. The molecule has 2 saturated carbocycles. The smallest absolute Gasteiger partial charge is 0.395 e. The van der Waals surface area contributed by atoms with E-state index in [-0.39, 0.29) is 35.7 Å². The summed E-state index contributed by atoms with van der Waals surface area (Å²) < 4.78 is 42.3. The zero-order chi connectivity index (χ0) is 21.9. The average molecular weight is 441 g/mol. The summed E-state index contributed by atoms with van der Waals surface area (Å²) in [5.74, 6) is 0.510. The van der Waals surface area contributed by atoms with Crippen molar-refractivity contribution < 1.29 is 27.8 Å². The fraction of sp³-hybridized carbons (Fsp3) is 0.480. The molecule has 0 spiro atoms. The zero-order valence-corrected chi connectivity index (χ0v) is 17.6. The van der Waals surface area contributed by atoms with Gasteiger partial charge in [-0.2, -0.15) is 0 Å². The van der Waals surface area contributed by atoms with Crippen LogP contribution in [0.15, 0.2) is 48.5 Å². The molecule has 2 aromatic rings. The molecule has 0 aromatic heterocycles. The van der Waals surface area contributed by atoms with Gasteiger partial charge in [-0.05, 0) is 67.7 Å². The molecule has 1 amide bonds. The van der Waals surface area contributed by atoms with Crippen molar-refractivity contribution in [1.29, 1.82) is 0 Å². The number of fused-ring (bicyclic) bond motifs is 1. The van der Waals surface area contributed by atoms with Gasteiger partial charge in [-0.3, -0.25) is 4.79 Å². The van der Waals surface area contributed by atoms with Gasteiger partial charge in [0.05, 0.1) is 17.6 Å². The van der Waals surface area contributed by atoms with Crippen molar-refractivity contribution in [3.8, 4) is 11.5 Å². The number of carbonyl (C=O) groups excluding carboxylic acids is 1. The first-order valence-corrected chi connectivity index (χ1v) is 11.3. The lowest BCUT2D eigenvalue weighted by Crippen LogP contribution is -2.47. The second kappa shape index (κ2) is 7.17. The molecule has 1 N–H and O–H groups in total. The SMILES string of the molecule is O=C(N[C@@H]1C[C@@H](c2ccccc2)O[C@@H](C2CC2)C1)C1(c2ccc3c(c2)OC(F)(F)O3)CC1. The van der Waals surface area contributed by atoms with E-state index in [9.17, 15) is 13.6 Å². The Morgan fingerprint density at radius 2 is 1.72 bits per heavy atom. The third kappa shape index (κ3) is 3.62. The van der Waals surface area contributed by atoms with E-state index in [0.29, 0.717) is 24.3 Å². The van der Waals surface area contributed by atoms with Gasteiger partial charge in [0, 0.05) is 6.04 Å². The van der Waals surface area contributed by atoms with Crippen LogP contribution in [-0.4, -0.2) is 24.3 Å². The predicted octanol–water partition coefficient (Wildman–Crippen LogP) is 4.85. The van der Waals surface area contributed by atoms with Crippen LogP contribution in [0.1, 0.15) is 55.8 Å². The highest BCUT2D eigenvalue weighted by atomic mass is 19.3. The first-order chi connectivity index (χ1) is 15.4. The maximum absolute atomic E-state index is 13.4. The van der Waals surface area contributed by atoms with Gasteiger partial charge in [-0.25, -0.2) is 0 Å². The molecule has 32 heavy (non-hydrogen) atoms. The van der Waals surface area contributed by atoms with Crippen LogP contribution >= 0.6 is 0 Å². The number of rotatable bonds is 5. The summed E-state index contributed by atoms with van der Waals surface area (Å²) in [6, 6.07) is 14.8. The van der Waals surface area contributed by atoms with Gasteiger partial charge in [0.1, 0.15) is 0 Å². The van der Waals surface area contributed by atoms with Gasteiger partial charge in [-0.15, -0.1) is 8.78 Å². The summed E-state index contributed by atoms with van der Waals surface area (Å²) in [4.78, 5) is 13.4. The molecule has 4 aliphatic rings. The van der Waals surface area contributed by atoms with E-state index in [2.05, 4.69) is 26.9 Å². The molecule has 7 heteroatoms. The van der Waals surface area contributed by atoms with Crippen LogP contribution in [0.25, 0.3) is 0 Å². The van der Waals surface area contributed by atoms with Gasteiger partial charge in [0.15, 0.2) is 11.5 Å². The number of amides is 1. The molecular weight excluding hydrogens is 416 g/mol. The summed E-state index contributed by atoms with van der Waals surface area (Å²) in [7, 11) is 0. The molecule has 0 unspecified atom stereocenters. The number of hydrogen-bond donors (Lipinski definition) is 1. The van der Waals surface area contributed by atoms with Gasteiger partial charge in [0.2, 0.25) is 5.91 Å². The second-order valence-corrected chi connectivity index (χ2v) is 9.46. The molecule has 2 aliphatic carbocycles. The van der Waals surface area contributed by atoms with Crippen LogP contribution in [0.3, 0.4) is 0 Å². The molecule has 3 atom stereocenters. The zero-order valence-electron chi connectivity index (χ0n) is 17.6. The second-order valence-electron chi connectivity index (χ2n) is 9.46. The minimum Gasteiger partial charge on any atom is -0.395 e. The van der Waals surface area contributed by atoms with E-state index < -0.39 is 11.7 Å². The molecule has 5 nitrogen and oxygen atoms in total. The van der Waals surface area contributed by atoms with E-state index in [1.165, 1.54) is 25.0 Å². The molecule has 0 radical (unpaired) electrons. The van der Waals surface area contributed by atoms with Crippen molar-refractivity contribution in [3.63, 3.8) is 0 Å². The van der Waals surface area contributed by atoms with E-state index >= 15 is 0 Å². The summed E-state index contributed by atoms with van der Waals surface area (Å²) >= 11 is 0. The molecule has 0 bridgehead atoms. The monoisotopic (exact) mass is 441 g/mol. The van der Waals surface area contributed by atoms with Crippen LogP contribution in [0, 0.1) is 5.92 Å². The third-order valence-electron chi connectivity index (χ3n) is 7.15. The van der Waals surface area contributed by atoms with Crippen LogP contribution in [0.5, 0.6) is 11.5 Å². The Kier molecular flexibility index (Phi) is 4.47. The lowest BCUT2D eigenvalue weighted by molar-refractivity contribution is -0.286. The van der Waals surface area contributed by atoms with Crippen molar-refractivity contribution >= 4 is 5.91 Å². The van der Waals surface area contributed by atoms with Crippen molar-refractivity contribution in [3.05, 3.63) is 59.7 Å². The number of hydrogen-bond acceptors (Lipinski definition) is 4. The van der Waals surface area contributed by atoms with Gasteiger partial charge >= 0.3 is 6.29 Å². The molecule has 2 aliphatic heterocycles. The number of alkyl halides is 2. The predicted molar refractivity (Wildman–Crippen MR) is 112 cm³/mol. The molecule has 6 rings (SSSR count). The fourth-order valence-corrected chi connectivity index (χ4v) is 5.07. The fourth-order valence-electron chi connectivity index (χ4n) is 5.07. The topological polar surface area (TPSA) is 56.8 Å². The van der Waals surface area contributed by atoms with E-state index in [4.69, 9.17) is 4.74 Å². The van der Waals surface area contributed by atoms with Crippen molar-refractivity contribution in [1.82, 2.24) is 5.32 Å². The maximum atomic E-state index is 13.4. The Morgan fingerprint density at radius 3 is 2.44 bits per heavy atom. The Bertz CT molecular complexity index is 1040. The summed E-state index contributed by atoms with van der Waals surface area (Å²) in [5, 5.41) is 3.28. The normalized spacial score (nSPS) is 29.4. The van der Waals surface area contributed by atoms with E-state index in [1.807, 2.05) is 18.2 Å². The lowest BCUT2D eigenvalue weighted by atomic mass is 9.90. The number of benzene rings is 2. The molecule has 168 valence electrons. The highest BCUT2D eigenvalue weighted by Crippen LogP contribution is 2.52. The highest BCUT2D eigenvalue weighted by molar-refractivity contribution is 5.91. The van der Waals surface area contributed by atoms with Crippen molar-refractivity contribution in [2.75, 3.05) is 0 Å². The van der Waals surface area contributed by atoms with Crippen LogP contribution in [0.2, 0.25) is 0 Å². The largest absolute Gasteiger partial charge is 0.586 e. The molecule has 2 aromatic carbocycles. The highest BCUT2D eigenvalue weighted by Gasteiger charge is 2.53. The first-order valence-electron chi connectivity index (χ1n) is 11.3. The van der Waals surface area contributed by atoms with Crippen LogP contribution in [0.4, 0.5) is 8.78 Å². The summed E-state index contributed by atoms with van der Waals surface area (Å²) in [5.41, 5.74) is 1.14. The molecule has 2 heterocycles. The summed E-state index contributed by atoms with van der Waals surface area (Å²) in [6.07, 6.45) is 1.72. The quantitative estimate of drug-likeness (QED) is 0.721. The summed E-state index contributed by atoms with van der Waals surface area (Å²) in [6.45, 7) is 0. The van der Waals surface area contributed by atoms with Gasteiger partial charge in [-0.1, -0.05) is 36.4 Å². The standard InChI is InChI=1S/C25H25F2NO4/c26-25(27)31-19-9-8-17(12-22(19)32-25)24(10-11-24)23(29)28-18-13-20(15-4-2-1-3-5-15)30-21(14-18)16-6-7-16/h1-5,8-9,12,16,18,20-21H,6-7,10-11,13-14H2,(H,28,29)/t18-,20+,21-/m1/s1. The maximum Gasteiger partial charge on any atom is 0.586 e. The van der Waals surface area contributed by atoms with Crippen molar-refractivity contribution in [2.24, 2.45) is 5.92 Å². The Balaban J connectivity index is 1.19. The van der Waals surface area contributed by atoms with Gasteiger partial charge < -0.3 is 19.5 Å². The number of carbonyl (C=O) groups is 1. The van der Waals surface area contributed by atoms with E-state index in [0.717, 1.165) is 18.4 Å². The number of ether oxygens (including phenoxy) is 3. The molecule has 3 fully saturated rings. The lowest BCUT2D eigenvalue weighted by Gasteiger charge is -2.37.